The van der Waals surface area contributed by atoms with Gasteiger partial charge in [0.1, 0.15) is 5.75 Å². The van der Waals surface area contributed by atoms with Gasteiger partial charge >= 0.3 is 5.97 Å². The third-order valence-electron chi connectivity index (χ3n) is 3.80. The van der Waals surface area contributed by atoms with Crippen LogP contribution in [0, 0.1) is 5.41 Å². The van der Waals surface area contributed by atoms with Crippen LogP contribution >= 0.6 is 0 Å². The number of rotatable bonds is 5. The maximum absolute atomic E-state index is 12.1. The van der Waals surface area contributed by atoms with Gasteiger partial charge in [-0.1, -0.05) is 25.1 Å². The molecule has 0 aliphatic heterocycles. The van der Waals surface area contributed by atoms with Crippen LogP contribution in [0.2, 0.25) is 0 Å². The van der Waals surface area contributed by atoms with E-state index in [-0.39, 0.29) is 11.9 Å². The molecule has 0 aliphatic carbocycles. The fraction of sp³-hybridized carbons (Fsp3) is 0.263. The maximum Gasteiger partial charge on any atom is 0.316 e. The fourth-order valence-corrected chi connectivity index (χ4v) is 1.79. The van der Waals surface area contributed by atoms with Crippen molar-refractivity contribution in [2.75, 3.05) is 5.32 Å². The Labute approximate surface area is 136 Å². The molecular weight excluding hydrogens is 290 g/mol. The molecule has 0 aromatic heterocycles. The molecule has 120 valence electrons. The lowest BCUT2D eigenvalue weighted by Gasteiger charge is -2.20. The maximum atomic E-state index is 12.1. The second kappa shape index (κ2) is 7.09. The van der Waals surface area contributed by atoms with Crippen LogP contribution in [0.3, 0.4) is 0 Å². The first-order valence-electron chi connectivity index (χ1n) is 7.61. The van der Waals surface area contributed by atoms with Crippen molar-refractivity contribution in [1.82, 2.24) is 0 Å². The van der Waals surface area contributed by atoms with E-state index in [0.29, 0.717) is 23.4 Å². The van der Waals surface area contributed by atoms with E-state index < -0.39 is 5.41 Å². The van der Waals surface area contributed by atoms with Crippen molar-refractivity contribution in [3.05, 3.63) is 60.2 Å². The fourth-order valence-electron chi connectivity index (χ4n) is 1.79. The summed E-state index contributed by atoms with van der Waals surface area (Å²) in [7, 11) is 0. The Morgan fingerprint density at radius 2 is 1.61 bits per heavy atom. The summed E-state index contributed by atoms with van der Waals surface area (Å²) in [5, 5.41) is 2.80. The molecule has 1 amide bonds. The largest absolute Gasteiger partial charge is 0.426 e. The van der Waals surface area contributed by atoms with Gasteiger partial charge in [-0.05, 0) is 56.7 Å². The lowest BCUT2D eigenvalue weighted by atomic mass is 9.91. The topological polar surface area (TPSA) is 55.4 Å². The number of carbonyl (C=O) groups excluding carboxylic acids is 2. The molecule has 0 saturated carbocycles. The van der Waals surface area contributed by atoms with Crippen LogP contribution < -0.4 is 10.1 Å². The summed E-state index contributed by atoms with van der Waals surface area (Å²) in [6.45, 7) is 5.65. The first-order valence-corrected chi connectivity index (χ1v) is 7.61. The van der Waals surface area contributed by atoms with Gasteiger partial charge in [0.15, 0.2) is 0 Å². The summed E-state index contributed by atoms with van der Waals surface area (Å²) < 4.78 is 5.36. The predicted molar refractivity (Wildman–Crippen MR) is 90.5 cm³/mol. The molecule has 0 radical (unpaired) electrons. The van der Waals surface area contributed by atoms with Crippen molar-refractivity contribution in [2.24, 2.45) is 5.41 Å². The Morgan fingerprint density at radius 1 is 1.00 bits per heavy atom. The molecule has 0 fully saturated rings. The molecule has 0 bridgehead atoms. The number of amides is 1. The van der Waals surface area contributed by atoms with Gasteiger partial charge in [0.25, 0.3) is 5.91 Å². The first kappa shape index (κ1) is 16.7. The summed E-state index contributed by atoms with van der Waals surface area (Å²) in [5.41, 5.74) is 0.723. The van der Waals surface area contributed by atoms with E-state index >= 15 is 0 Å². The molecule has 2 aromatic carbocycles. The number of nitrogens with one attached hydrogen (secondary N) is 1. The smallest absolute Gasteiger partial charge is 0.316 e. The van der Waals surface area contributed by atoms with Crippen LogP contribution in [0.25, 0.3) is 0 Å². The SMILES string of the molecule is CCC(C)(C)C(=O)Oc1ccc(NC(=O)c2ccccc2)cc1. The quantitative estimate of drug-likeness (QED) is 0.662. The van der Waals surface area contributed by atoms with Crippen LogP contribution in [0.5, 0.6) is 5.75 Å². The van der Waals surface area contributed by atoms with Crippen LogP contribution in [0.1, 0.15) is 37.6 Å². The minimum atomic E-state index is -0.514. The van der Waals surface area contributed by atoms with Crippen molar-refractivity contribution in [3.8, 4) is 5.75 Å². The molecular formula is C19H21NO3. The zero-order valence-corrected chi connectivity index (χ0v) is 13.6. The highest BCUT2D eigenvalue weighted by Gasteiger charge is 2.27. The van der Waals surface area contributed by atoms with Crippen LogP contribution in [-0.2, 0) is 4.79 Å². The standard InChI is InChI=1S/C19H21NO3/c1-4-19(2,3)18(22)23-16-12-10-15(11-13-16)20-17(21)14-8-6-5-7-9-14/h5-13H,4H2,1-3H3,(H,20,21). The van der Waals surface area contributed by atoms with Gasteiger partial charge in [0, 0.05) is 11.3 Å². The van der Waals surface area contributed by atoms with E-state index in [1.165, 1.54) is 0 Å². The molecule has 2 aromatic rings. The van der Waals surface area contributed by atoms with Gasteiger partial charge in [0.2, 0.25) is 0 Å². The van der Waals surface area contributed by atoms with Gasteiger partial charge in [0.05, 0.1) is 5.41 Å². The Bertz CT molecular complexity index is 676. The van der Waals surface area contributed by atoms with E-state index in [4.69, 9.17) is 4.74 Å². The van der Waals surface area contributed by atoms with Gasteiger partial charge < -0.3 is 10.1 Å². The molecule has 23 heavy (non-hydrogen) atoms. The molecule has 0 heterocycles. The second-order valence-corrected chi connectivity index (χ2v) is 5.97. The number of benzene rings is 2. The summed E-state index contributed by atoms with van der Waals surface area (Å²) in [6.07, 6.45) is 0.705. The van der Waals surface area contributed by atoms with E-state index in [9.17, 15) is 9.59 Å². The van der Waals surface area contributed by atoms with Gasteiger partial charge in [-0.25, -0.2) is 0 Å². The number of carbonyl (C=O) groups is 2. The van der Waals surface area contributed by atoms with Crippen molar-refractivity contribution in [1.29, 1.82) is 0 Å². The predicted octanol–water partition coefficient (Wildman–Crippen LogP) is 4.28. The summed E-state index contributed by atoms with van der Waals surface area (Å²) in [4.78, 5) is 24.1. The number of hydrogen-bond acceptors (Lipinski definition) is 3. The number of hydrogen-bond donors (Lipinski definition) is 1. The highest BCUT2D eigenvalue weighted by Crippen LogP contribution is 2.24. The van der Waals surface area contributed by atoms with Crippen LogP contribution in [-0.4, -0.2) is 11.9 Å². The average molecular weight is 311 g/mol. The van der Waals surface area contributed by atoms with E-state index in [0.717, 1.165) is 0 Å². The van der Waals surface area contributed by atoms with Crippen molar-refractivity contribution >= 4 is 17.6 Å². The number of esters is 1. The number of anilines is 1. The molecule has 1 N–H and O–H groups in total. The summed E-state index contributed by atoms with van der Waals surface area (Å²) in [5.74, 6) is 0.0257. The lowest BCUT2D eigenvalue weighted by molar-refractivity contribution is -0.144. The molecule has 0 aliphatic rings. The Balaban J connectivity index is 2.00. The zero-order valence-electron chi connectivity index (χ0n) is 13.6. The zero-order chi connectivity index (χ0) is 16.9. The normalized spacial score (nSPS) is 10.9. The van der Waals surface area contributed by atoms with Crippen molar-refractivity contribution in [3.63, 3.8) is 0 Å². The summed E-state index contributed by atoms with van der Waals surface area (Å²) >= 11 is 0. The van der Waals surface area contributed by atoms with Gasteiger partial charge in [-0.3, -0.25) is 9.59 Å². The Hall–Kier alpha value is -2.62. The molecule has 0 saturated heterocycles. The van der Waals surface area contributed by atoms with E-state index in [1.807, 2.05) is 39.0 Å². The molecule has 4 heteroatoms. The van der Waals surface area contributed by atoms with E-state index in [1.54, 1.807) is 36.4 Å². The second-order valence-electron chi connectivity index (χ2n) is 5.97. The van der Waals surface area contributed by atoms with E-state index in [2.05, 4.69) is 5.32 Å². The lowest BCUT2D eigenvalue weighted by Crippen LogP contribution is -2.28. The number of ether oxygens (including phenoxy) is 1. The minimum absolute atomic E-state index is 0.178. The van der Waals surface area contributed by atoms with Crippen molar-refractivity contribution in [2.45, 2.75) is 27.2 Å². The third-order valence-corrected chi connectivity index (χ3v) is 3.80. The first-order chi connectivity index (χ1) is 10.9. The summed E-state index contributed by atoms with van der Waals surface area (Å²) in [6, 6.07) is 15.7. The Morgan fingerprint density at radius 3 is 2.17 bits per heavy atom. The van der Waals surface area contributed by atoms with Gasteiger partial charge in [-0.15, -0.1) is 0 Å². The highest BCUT2D eigenvalue weighted by atomic mass is 16.5. The van der Waals surface area contributed by atoms with Crippen LogP contribution in [0.4, 0.5) is 5.69 Å². The molecule has 0 unspecified atom stereocenters. The Kier molecular flexibility index (Phi) is 5.16. The van der Waals surface area contributed by atoms with Crippen molar-refractivity contribution < 1.29 is 14.3 Å². The third kappa shape index (κ3) is 4.42. The molecule has 2 rings (SSSR count). The highest BCUT2D eigenvalue weighted by molar-refractivity contribution is 6.04. The molecule has 4 nitrogen and oxygen atoms in total. The minimum Gasteiger partial charge on any atom is -0.426 e. The molecule has 0 spiro atoms. The van der Waals surface area contributed by atoms with Crippen LogP contribution in [0.15, 0.2) is 54.6 Å². The molecule has 0 atom stereocenters. The monoisotopic (exact) mass is 311 g/mol. The average Bonchev–Trinajstić information content (AvgIpc) is 2.57. The van der Waals surface area contributed by atoms with Gasteiger partial charge in [-0.2, -0.15) is 0 Å².